The molecule has 1 unspecified atom stereocenters. The normalized spacial score (nSPS) is 36.4. The molecule has 5 aliphatic rings. The fourth-order valence-corrected chi connectivity index (χ4v) is 6.92. The topological polar surface area (TPSA) is 89.1 Å². The van der Waals surface area contributed by atoms with Crippen molar-refractivity contribution < 1.29 is 4.79 Å². The molecule has 4 saturated carbocycles. The van der Waals surface area contributed by atoms with Crippen LogP contribution in [0.2, 0.25) is 0 Å². The van der Waals surface area contributed by atoms with Crippen LogP contribution in [0.1, 0.15) is 70.9 Å². The number of hydrogen-bond acceptors (Lipinski definition) is 4. The third-order valence-corrected chi connectivity index (χ3v) is 7.86. The maximum absolute atomic E-state index is 13.2. The second-order valence-electron chi connectivity index (χ2n) is 11.1. The third-order valence-electron chi connectivity index (χ3n) is 7.86. The number of urea groups is 1. The zero-order valence-corrected chi connectivity index (χ0v) is 17.9. The Morgan fingerprint density at radius 1 is 1.24 bits per heavy atom. The van der Waals surface area contributed by atoms with E-state index in [9.17, 15) is 4.79 Å². The summed E-state index contributed by atoms with van der Waals surface area (Å²) in [6, 6.07) is 0.166. The van der Waals surface area contributed by atoms with Gasteiger partial charge in [-0.1, -0.05) is 5.21 Å². The third kappa shape index (κ3) is 3.90. The Bertz CT molecular complexity index is 730. The van der Waals surface area contributed by atoms with E-state index >= 15 is 0 Å². The highest BCUT2D eigenvalue weighted by Gasteiger charge is 2.51. The Morgan fingerprint density at radius 2 is 1.90 bits per heavy atom. The van der Waals surface area contributed by atoms with E-state index in [1.807, 2.05) is 24.7 Å². The van der Waals surface area contributed by atoms with E-state index in [0.29, 0.717) is 5.92 Å². The molecule has 2 heterocycles. The summed E-state index contributed by atoms with van der Waals surface area (Å²) in [6.45, 7) is 6.35. The lowest BCUT2D eigenvalue weighted by Crippen LogP contribution is -2.62. The molecule has 4 aliphatic carbocycles. The highest BCUT2D eigenvalue weighted by molar-refractivity contribution is 5.75. The molecule has 7 nitrogen and oxygen atoms in total. The van der Waals surface area contributed by atoms with Gasteiger partial charge in [0.2, 0.25) is 0 Å². The minimum Gasteiger partial charge on any atom is -0.333 e. The molecule has 1 aromatic rings. The number of carbonyl (C=O) groups is 1. The fraction of sp³-hybridized carbons (Fsp3) is 0.864. The van der Waals surface area contributed by atoms with Crippen molar-refractivity contribution >= 4 is 6.03 Å². The summed E-state index contributed by atoms with van der Waals surface area (Å²) in [5.41, 5.74) is 6.55. The monoisotopic (exact) mass is 400 g/mol. The number of piperidine rings is 1. The molecule has 0 spiro atoms. The maximum atomic E-state index is 13.2. The fourth-order valence-electron chi connectivity index (χ4n) is 6.92. The molecule has 2 amide bonds. The lowest BCUT2D eigenvalue weighted by Gasteiger charge is -2.57. The number of nitrogens with two attached hydrogens (primary N) is 1. The molecule has 3 N–H and O–H groups in total. The van der Waals surface area contributed by atoms with Gasteiger partial charge in [0.15, 0.2) is 0 Å². The Kier molecular flexibility index (Phi) is 4.64. The quantitative estimate of drug-likeness (QED) is 0.813. The molecule has 6 rings (SSSR count). The van der Waals surface area contributed by atoms with E-state index in [0.717, 1.165) is 55.9 Å². The van der Waals surface area contributed by atoms with Crippen molar-refractivity contribution in [2.24, 2.45) is 29.4 Å². The van der Waals surface area contributed by atoms with Crippen molar-refractivity contribution in [1.82, 2.24) is 25.2 Å². The summed E-state index contributed by atoms with van der Waals surface area (Å²) in [5, 5.41) is 12.0. The van der Waals surface area contributed by atoms with Crippen LogP contribution < -0.4 is 11.1 Å². The predicted molar refractivity (Wildman–Crippen MR) is 111 cm³/mol. The van der Waals surface area contributed by atoms with Crippen LogP contribution in [-0.2, 0) is 12.1 Å². The van der Waals surface area contributed by atoms with Gasteiger partial charge in [-0.25, -0.2) is 4.79 Å². The van der Waals surface area contributed by atoms with Crippen molar-refractivity contribution in [2.75, 3.05) is 13.1 Å². The number of nitrogens with zero attached hydrogens (tertiary/aromatic N) is 4. The Labute approximate surface area is 173 Å². The smallest absolute Gasteiger partial charge is 0.317 e. The van der Waals surface area contributed by atoms with Gasteiger partial charge in [0.1, 0.15) is 5.69 Å². The van der Waals surface area contributed by atoms with Crippen molar-refractivity contribution in [2.45, 2.75) is 82.8 Å². The first kappa shape index (κ1) is 19.3. The van der Waals surface area contributed by atoms with E-state index in [4.69, 9.17) is 5.73 Å². The average Bonchev–Trinajstić information content (AvgIpc) is 3.09. The van der Waals surface area contributed by atoms with Crippen LogP contribution in [-0.4, -0.2) is 44.6 Å². The number of aromatic nitrogens is 3. The molecule has 1 aromatic heterocycles. The van der Waals surface area contributed by atoms with Gasteiger partial charge in [0, 0.05) is 25.2 Å². The lowest BCUT2D eigenvalue weighted by atomic mass is 9.53. The van der Waals surface area contributed by atoms with Gasteiger partial charge in [-0.3, -0.25) is 4.68 Å². The Balaban J connectivity index is 1.20. The van der Waals surface area contributed by atoms with Crippen molar-refractivity contribution in [1.29, 1.82) is 0 Å². The summed E-state index contributed by atoms with van der Waals surface area (Å²) >= 11 is 0. The number of hydrogen-bond donors (Lipinski definition) is 2. The summed E-state index contributed by atoms with van der Waals surface area (Å²) < 4.78 is 1.90. The van der Waals surface area contributed by atoms with Gasteiger partial charge < -0.3 is 16.0 Å². The predicted octanol–water partition coefficient (Wildman–Crippen LogP) is 2.86. The molecule has 0 aromatic carbocycles. The molecule has 160 valence electrons. The van der Waals surface area contributed by atoms with E-state index in [2.05, 4.69) is 20.5 Å². The van der Waals surface area contributed by atoms with E-state index < -0.39 is 5.54 Å². The molecule has 1 saturated heterocycles. The molecule has 29 heavy (non-hydrogen) atoms. The number of rotatable bonds is 4. The summed E-state index contributed by atoms with van der Waals surface area (Å²) in [5.74, 6) is 2.97. The van der Waals surface area contributed by atoms with E-state index in [1.54, 1.807) is 0 Å². The first-order chi connectivity index (χ1) is 13.8. The van der Waals surface area contributed by atoms with E-state index in [1.165, 1.54) is 38.5 Å². The molecule has 5 fully saturated rings. The second-order valence-corrected chi connectivity index (χ2v) is 11.1. The van der Waals surface area contributed by atoms with E-state index in [-0.39, 0.29) is 11.6 Å². The number of nitrogens with one attached hydrogen (secondary N) is 1. The van der Waals surface area contributed by atoms with Crippen LogP contribution in [0.3, 0.4) is 0 Å². The highest BCUT2D eigenvalue weighted by Crippen LogP contribution is 2.55. The minimum absolute atomic E-state index is 0.0896. The molecule has 7 heteroatoms. The highest BCUT2D eigenvalue weighted by atomic mass is 16.2. The van der Waals surface area contributed by atoms with Gasteiger partial charge in [-0.05, 0) is 88.9 Å². The van der Waals surface area contributed by atoms with Gasteiger partial charge in [0.25, 0.3) is 0 Å². The Hall–Kier alpha value is -1.63. The number of likely N-dealkylation sites (tertiary alicyclic amines) is 1. The molecule has 0 radical (unpaired) electrons. The molecule has 1 aliphatic heterocycles. The molecular formula is C22H36N6O. The summed E-state index contributed by atoms with van der Waals surface area (Å²) in [6.07, 6.45) is 12.0. The van der Waals surface area contributed by atoms with Crippen LogP contribution in [0.5, 0.6) is 0 Å². The summed E-state index contributed by atoms with van der Waals surface area (Å²) in [4.78, 5) is 15.2. The standard InChI is InChI=1S/C22H36N6O/c1-21(2,23)19-14-28(26-25-19)13-15-4-3-5-27(12-15)20(29)24-22-9-16-6-17(10-22)8-18(7-16)11-22/h14-18H,3-13,23H2,1-2H3,(H,24,29). The molecule has 1 atom stereocenters. The van der Waals surface area contributed by atoms with Gasteiger partial charge in [-0.2, -0.15) is 0 Å². The van der Waals surface area contributed by atoms with Crippen LogP contribution in [0.15, 0.2) is 6.20 Å². The Morgan fingerprint density at radius 3 is 2.48 bits per heavy atom. The second kappa shape index (κ2) is 6.96. The molecular weight excluding hydrogens is 364 g/mol. The van der Waals surface area contributed by atoms with Crippen LogP contribution >= 0.6 is 0 Å². The SMILES string of the molecule is CC(C)(N)c1cn(CC2CCCN(C(=O)NC34CC5CC(CC(C5)C3)C4)C2)nn1. The van der Waals surface area contributed by atoms with Crippen molar-refractivity contribution in [3.8, 4) is 0 Å². The van der Waals surface area contributed by atoms with Gasteiger partial charge >= 0.3 is 6.03 Å². The largest absolute Gasteiger partial charge is 0.333 e. The zero-order chi connectivity index (χ0) is 20.2. The first-order valence-electron chi connectivity index (χ1n) is 11.5. The van der Waals surface area contributed by atoms with Crippen LogP contribution in [0, 0.1) is 23.7 Å². The average molecular weight is 401 g/mol. The van der Waals surface area contributed by atoms with Crippen molar-refractivity contribution in [3.63, 3.8) is 0 Å². The summed E-state index contributed by atoms with van der Waals surface area (Å²) in [7, 11) is 0. The molecule has 4 bridgehead atoms. The maximum Gasteiger partial charge on any atom is 0.317 e. The van der Waals surface area contributed by atoms with Crippen molar-refractivity contribution in [3.05, 3.63) is 11.9 Å². The van der Waals surface area contributed by atoms with Crippen LogP contribution in [0.4, 0.5) is 4.79 Å². The zero-order valence-electron chi connectivity index (χ0n) is 17.9. The first-order valence-corrected chi connectivity index (χ1v) is 11.5. The lowest BCUT2D eigenvalue weighted by molar-refractivity contribution is -0.0164. The van der Waals surface area contributed by atoms with Gasteiger partial charge in [0.05, 0.1) is 11.7 Å². The minimum atomic E-state index is -0.478. The number of carbonyl (C=O) groups excluding carboxylic acids is 1. The van der Waals surface area contributed by atoms with Gasteiger partial charge in [-0.15, -0.1) is 5.10 Å². The number of amides is 2. The van der Waals surface area contributed by atoms with Crippen LogP contribution in [0.25, 0.3) is 0 Å².